The molecule has 0 bridgehead atoms. The summed E-state index contributed by atoms with van der Waals surface area (Å²) >= 11 is 5.86. The van der Waals surface area contributed by atoms with E-state index in [4.69, 9.17) is 11.6 Å². The van der Waals surface area contributed by atoms with Crippen molar-refractivity contribution in [1.82, 2.24) is 10.2 Å². The molecule has 1 aromatic carbocycles. The first-order chi connectivity index (χ1) is 8.15. The lowest BCUT2D eigenvalue weighted by molar-refractivity contribution is 0.226. The van der Waals surface area contributed by atoms with Crippen molar-refractivity contribution in [2.45, 2.75) is 25.4 Å². The number of rotatable bonds is 3. The Bertz CT molecular complexity index is 384. The zero-order valence-electron chi connectivity index (χ0n) is 10.0. The Morgan fingerprint density at radius 3 is 3.12 bits per heavy atom. The average molecular weight is 257 g/mol. The van der Waals surface area contributed by atoms with E-state index in [9.17, 15) is 4.39 Å². The summed E-state index contributed by atoms with van der Waals surface area (Å²) in [5.41, 5.74) is 0.644. The van der Waals surface area contributed by atoms with Crippen LogP contribution < -0.4 is 5.32 Å². The van der Waals surface area contributed by atoms with Gasteiger partial charge in [-0.15, -0.1) is 0 Å². The largest absolute Gasteiger partial charge is 0.309 e. The molecule has 94 valence electrons. The second-order valence-electron chi connectivity index (χ2n) is 4.72. The molecular weight excluding hydrogens is 239 g/mol. The number of hydrogen-bond acceptors (Lipinski definition) is 2. The normalized spacial score (nSPS) is 21.7. The fourth-order valence-corrected chi connectivity index (χ4v) is 2.46. The number of halogens is 2. The molecule has 0 spiro atoms. The molecule has 1 heterocycles. The molecule has 1 saturated heterocycles. The number of benzene rings is 1. The zero-order chi connectivity index (χ0) is 12.3. The van der Waals surface area contributed by atoms with Crippen LogP contribution in [0, 0.1) is 5.82 Å². The van der Waals surface area contributed by atoms with Crippen LogP contribution in [0.15, 0.2) is 18.2 Å². The Hall–Kier alpha value is -0.640. The van der Waals surface area contributed by atoms with E-state index in [1.165, 1.54) is 12.5 Å². The van der Waals surface area contributed by atoms with E-state index in [2.05, 4.69) is 17.3 Å². The molecule has 1 aromatic rings. The second kappa shape index (κ2) is 5.80. The molecule has 1 unspecified atom stereocenters. The van der Waals surface area contributed by atoms with Crippen molar-refractivity contribution in [2.75, 3.05) is 20.1 Å². The van der Waals surface area contributed by atoms with Crippen molar-refractivity contribution >= 4 is 11.6 Å². The van der Waals surface area contributed by atoms with Crippen LogP contribution in [0.25, 0.3) is 0 Å². The smallest absolute Gasteiger partial charge is 0.127 e. The van der Waals surface area contributed by atoms with E-state index < -0.39 is 0 Å². The molecule has 1 atom stereocenters. The molecular formula is C13H18ClFN2. The summed E-state index contributed by atoms with van der Waals surface area (Å²) in [4.78, 5) is 2.30. The van der Waals surface area contributed by atoms with Gasteiger partial charge in [-0.2, -0.15) is 0 Å². The first kappa shape index (κ1) is 12.8. The maximum absolute atomic E-state index is 13.5. The Morgan fingerprint density at radius 1 is 1.53 bits per heavy atom. The predicted molar refractivity (Wildman–Crippen MR) is 68.8 cm³/mol. The molecule has 0 radical (unpaired) electrons. The molecule has 2 rings (SSSR count). The minimum absolute atomic E-state index is 0.189. The van der Waals surface area contributed by atoms with Crippen LogP contribution in [0.2, 0.25) is 5.02 Å². The van der Waals surface area contributed by atoms with Gasteiger partial charge in [0.15, 0.2) is 0 Å². The third kappa shape index (κ3) is 3.66. The number of likely N-dealkylation sites (tertiary alicyclic amines) is 1. The van der Waals surface area contributed by atoms with Crippen molar-refractivity contribution in [1.29, 1.82) is 0 Å². The first-order valence-electron chi connectivity index (χ1n) is 6.01. The summed E-state index contributed by atoms with van der Waals surface area (Å²) in [5, 5.41) is 3.98. The van der Waals surface area contributed by atoms with Crippen molar-refractivity contribution < 1.29 is 4.39 Å². The molecule has 0 saturated carbocycles. The fraction of sp³-hybridized carbons (Fsp3) is 0.538. The number of nitrogens with zero attached hydrogens (tertiary/aromatic N) is 1. The maximum atomic E-state index is 13.5. The van der Waals surface area contributed by atoms with Gasteiger partial charge in [0.05, 0.1) is 0 Å². The van der Waals surface area contributed by atoms with Crippen LogP contribution in [0.1, 0.15) is 18.4 Å². The molecule has 1 N–H and O–H groups in total. The van der Waals surface area contributed by atoms with Crippen LogP contribution >= 0.6 is 11.6 Å². The van der Waals surface area contributed by atoms with Crippen LogP contribution in [0.3, 0.4) is 0 Å². The highest BCUT2D eigenvalue weighted by Gasteiger charge is 2.16. The molecule has 1 fully saturated rings. The fourth-order valence-electron chi connectivity index (χ4n) is 2.27. The number of hydrogen-bond donors (Lipinski definition) is 1. The van der Waals surface area contributed by atoms with Crippen LogP contribution in [0.4, 0.5) is 4.39 Å². The minimum Gasteiger partial charge on any atom is -0.309 e. The van der Waals surface area contributed by atoms with Gasteiger partial charge in [-0.3, -0.25) is 0 Å². The standard InChI is InChI=1S/C13H18ClFN2/c1-17-6-2-3-12(9-17)16-8-10-7-11(14)4-5-13(10)15/h4-5,7,12,16H,2-3,6,8-9H2,1H3. The van der Waals surface area contributed by atoms with E-state index in [0.29, 0.717) is 23.2 Å². The van der Waals surface area contributed by atoms with Gasteiger partial charge in [0.25, 0.3) is 0 Å². The predicted octanol–water partition coefficient (Wildman–Crippen LogP) is 2.66. The maximum Gasteiger partial charge on any atom is 0.127 e. The summed E-state index contributed by atoms with van der Waals surface area (Å²) in [6, 6.07) is 5.14. The number of likely N-dealkylation sites (N-methyl/N-ethyl adjacent to an activating group) is 1. The van der Waals surface area contributed by atoms with Gasteiger partial charge in [-0.05, 0) is 44.6 Å². The van der Waals surface area contributed by atoms with Crippen LogP contribution in [0.5, 0.6) is 0 Å². The van der Waals surface area contributed by atoms with Gasteiger partial charge in [-0.25, -0.2) is 4.39 Å². The van der Waals surface area contributed by atoms with Crippen LogP contribution in [-0.2, 0) is 6.54 Å². The lowest BCUT2D eigenvalue weighted by Crippen LogP contribution is -2.43. The van der Waals surface area contributed by atoms with Crippen molar-refractivity contribution in [2.24, 2.45) is 0 Å². The molecule has 1 aliphatic rings. The minimum atomic E-state index is -0.189. The quantitative estimate of drug-likeness (QED) is 0.895. The third-order valence-electron chi connectivity index (χ3n) is 3.21. The van der Waals surface area contributed by atoms with E-state index in [1.807, 2.05) is 0 Å². The first-order valence-corrected chi connectivity index (χ1v) is 6.39. The summed E-state index contributed by atoms with van der Waals surface area (Å²) < 4.78 is 13.5. The second-order valence-corrected chi connectivity index (χ2v) is 5.15. The van der Waals surface area contributed by atoms with Crippen LogP contribution in [-0.4, -0.2) is 31.1 Å². The molecule has 4 heteroatoms. The van der Waals surface area contributed by atoms with Gasteiger partial charge < -0.3 is 10.2 Å². The van der Waals surface area contributed by atoms with E-state index >= 15 is 0 Å². The van der Waals surface area contributed by atoms with Gasteiger partial charge in [0, 0.05) is 29.7 Å². The SMILES string of the molecule is CN1CCCC(NCc2cc(Cl)ccc2F)C1. The molecule has 0 amide bonds. The van der Waals surface area contributed by atoms with E-state index in [0.717, 1.165) is 19.5 Å². The lowest BCUT2D eigenvalue weighted by atomic mass is 10.1. The highest BCUT2D eigenvalue weighted by molar-refractivity contribution is 6.30. The van der Waals surface area contributed by atoms with Gasteiger partial charge in [-0.1, -0.05) is 11.6 Å². The number of piperidine rings is 1. The van der Waals surface area contributed by atoms with Crippen molar-refractivity contribution in [3.63, 3.8) is 0 Å². The summed E-state index contributed by atoms with van der Waals surface area (Å²) in [6.07, 6.45) is 2.36. The molecule has 0 aliphatic carbocycles. The van der Waals surface area contributed by atoms with Gasteiger partial charge >= 0.3 is 0 Å². The zero-order valence-corrected chi connectivity index (χ0v) is 10.8. The van der Waals surface area contributed by atoms with Gasteiger partial charge in [0.1, 0.15) is 5.82 Å². The third-order valence-corrected chi connectivity index (χ3v) is 3.45. The van der Waals surface area contributed by atoms with Crippen molar-refractivity contribution in [3.05, 3.63) is 34.6 Å². The lowest BCUT2D eigenvalue weighted by Gasteiger charge is -2.30. The molecule has 17 heavy (non-hydrogen) atoms. The van der Waals surface area contributed by atoms with Crippen molar-refractivity contribution in [3.8, 4) is 0 Å². The highest BCUT2D eigenvalue weighted by atomic mass is 35.5. The Morgan fingerprint density at radius 2 is 2.35 bits per heavy atom. The van der Waals surface area contributed by atoms with E-state index in [-0.39, 0.29) is 5.82 Å². The Kier molecular flexibility index (Phi) is 4.37. The average Bonchev–Trinajstić information content (AvgIpc) is 2.30. The van der Waals surface area contributed by atoms with Gasteiger partial charge in [0.2, 0.25) is 0 Å². The topological polar surface area (TPSA) is 15.3 Å². The monoisotopic (exact) mass is 256 g/mol. The number of nitrogens with one attached hydrogen (secondary N) is 1. The molecule has 1 aliphatic heterocycles. The Balaban J connectivity index is 1.90. The summed E-state index contributed by atoms with van der Waals surface area (Å²) in [5.74, 6) is -0.189. The molecule has 2 nitrogen and oxygen atoms in total. The highest BCUT2D eigenvalue weighted by Crippen LogP contribution is 2.15. The summed E-state index contributed by atoms with van der Waals surface area (Å²) in [6.45, 7) is 2.73. The Labute approximate surface area is 107 Å². The van der Waals surface area contributed by atoms with E-state index in [1.54, 1.807) is 12.1 Å². The summed E-state index contributed by atoms with van der Waals surface area (Å²) in [7, 11) is 2.12. The molecule has 0 aromatic heterocycles.